The van der Waals surface area contributed by atoms with Crippen LogP contribution in [0, 0.1) is 5.41 Å². The molecule has 2 nitrogen and oxygen atoms in total. The maximum absolute atomic E-state index is 7.86. The highest BCUT2D eigenvalue weighted by molar-refractivity contribution is 7.16. The van der Waals surface area contributed by atoms with Crippen LogP contribution in [0.25, 0.3) is 10.2 Å². The molecule has 0 atom stereocenters. The zero-order valence-electron chi connectivity index (χ0n) is 8.29. The summed E-state index contributed by atoms with van der Waals surface area (Å²) in [5.41, 5.74) is 1.20. The van der Waals surface area contributed by atoms with E-state index in [1.165, 1.54) is 16.6 Å². The number of unbranched alkanes of at least 4 members (excludes halogenated alkanes) is 1. The molecular formula is C11H14N2S. The number of benzene rings is 1. The quantitative estimate of drug-likeness (QED) is 0.800. The molecule has 0 amide bonds. The normalized spacial score (nSPS) is 10.9. The third kappa shape index (κ3) is 1.60. The number of aryl methyl sites for hydroxylation is 1. The molecule has 2 rings (SSSR count). The zero-order chi connectivity index (χ0) is 9.97. The van der Waals surface area contributed by atoms with E-state index in [1.54, 1.807) is 11.3 Å². The van der Waals surface area contributed by atoms with E-state index in [0.29, 0.717) is 4.80 Å². The largest absolute Gasteiger partial charge is 0.317 e. The van der Waals surface area contributed by atoms with Crippen LogP contribution in [-0.2, 0) is 6.54 Å². The molecule has 1 N–H and O–H groups in total. The molecule has 0 radical (unpaired) electrons. The van der Waals surface area contributed by atoms with Crippen LogP contribution >= 0.6 is 11.3 Å². The lowest BCUT2D eigenvalue weighted by Crippen LogP contribution is -2.12. The molecule has 0 unspecified atom stereocenters. The Morgan fingerprint density at radius 1 is 1.36 bits per heavy atom. The summed E-state index contributed by atoms with van der Waals surface area (Å²) in [6, 6.07) is 8.25. The van der Waals surface area contributed by atoms with E-state index in [-0.39, 0.29) is 0 Å². The summed E-state index contributed by atoms with van der Waals surface area (Å²) in [7, 11) is 0. The molecule has 1 heterocycles. The van der Waals surface area contributed by atoms with Crippen LogP contribution in [0.4, 0.5) is 0 Å². The number of para-hydroxylation sites is 1. The average Bonchev–Trinajstić information content (AvgIpc) is 2.51. The van der Waals surface area contributed by atoms with Gasteiger partial charge in [0.2, 0.25) is 0 Å². The van der Waals surface area contributed by atoms with Crippen LogP contribution in [0.2, 0.25) is 0 Å². The highest BCUT2D eigenvalue weighted by atomic mass is 32.1. The molecule has 1 aromatic heterocycles. The first-order chi connectivity index (χ1) is 6.83. The molecule has 0 saturated carbocycles. The van der Waals surface area contributed by atoms with Gasteiger partial charge in [0, 0.05) is 6.54 Å². The van der Waals surface area contributed by atoms with Crippen molar-refractivity contribution in [1.29, 1.82) is 5.41 Å². The SMILES string of the molecule is CCCCn1c(=N)sc2ccccc21. The zero-order valence-corrected chi connectivity index (χ0v) is 9.10. The van der Waals surface area contributed by atoms with Crippen LogP contribution < -0.4 is 4.80 Å². The van der Waals surface area contributed by atoms with Crippen molar-refractivity contribution in [3.05, 3.63) is 29.1 Å². The van der Waals surface area contributed by atoms with E-state index in [0.717, 1.165) is 13.0 Å². The van der Waals surface area contributed by atoms with Gasteiger partial charge in [-0.2, -0.15) is 0 Å². The van der Waals surface area contributed by atoms with Gasteiger partial charge in [0.25, 0.3) is 0 Å². The molecular weight excluding hydrogens is 192 g/mol. The van der Waals surface area contributed by atoms with Crippen LogP contribution in [0.3, 0.4) is 0 Å². The van der Waals surface area contributed by atoms with E-state index in [4.69, 9.17) is 5.41 Å². The van der Waals surface area contributed by atoms with Crippen molar-refractivity contribution in [2.75, 3.05) is 0 Å². The highest BCUT2D eigenvalue weighted by Gasteiger charge is 2.02. The van der Waals surface area contributed by atoms with Crippen molar-refractivity contribution in [3.63, 3.8) is 0 Å². The molecule has 3 heteroatoms. The minimum absolute atomic E-state index is 0.666. The molecule has 1 aromatic carbocycles. The van der Waals surface area contributed by atoms with Crippen molar-refractivity contribution in [2.45, 2.75) is 26.3 Å². The van der Waals surface area contributed by atoms with Gasteiger partial charge in [0.1, 0.15) is 0 Å². The fraction of sp³-hybridized carbons (Fsp3) is 0.364. The number of rotatable bonds is 3. The molecule has 0 spiro atoms. The Morgan fingerprint density at radius 2 is 2.14 bits per heavy atom. The molecule has 0 aliphatic heterocycles. The molecule has 0 bridgehead atoms. The summed E-state index contributed by atoms with van der Waals surface area (Å²) in [4.78, 5) is 0.666. The number of thiazole rings is 1. The average molecular weight is 206 g/mol. The molecule has 2 aromatic rings. The topological polar surface area (TPSA) is 28.8 Å². The molecule has 0 aliphatic rings. The van der Waals surface area contributed by atoms with Crippen molar-refractivity contribution >= 4 is 21.6 Å². The van der Waals surface area contributed by atoms with Crippen molar-refractivity contribution in [2.24, 2.45) is 0 Å². The van der Waals surface area contributed by atoms with E-state index in [2.05, 4.69) is 23.6 Å². The Morgan fingerprint density at radius 3 is 2.93 bits per heavy atom. The maximum Gasteiger partial charge on any atom is 0.182 e. The first-order valence-electron chi connectivity index (χ1n) is 4.96. The third-order valence-electron chi connectivity index (χ3n) is 2.34. The number of fused-ring (bicyclic) bond motifs is 1. The van der Waals surface area contributed by atoms with Gasteiger partial charge < -0.3 is 4.57 Å². The lowest BCUT2D eigenvalue weighted by atomic mass is 10.3. The van der Waals surface area contributed by atoms with E-state index < -0.39 is 0 Å². The monoisotopic (exact) mass is 206 g/mol. The summed E-state index contributed by atoms with van der Waals surface area (Å²) < 4.78 is 3.32. The van der Waals surface area contributed by atoms with Crippen LogP contribution in [-0.4, -0.2) is 4.57 Å². The smallest absolute Gasteiger partial charge is 0.182 e. The van der Waals surface area contributed by atoms with Crippen molar-refractivity contribution in [1.82, 2.24) is 4.57 Å². The van der Waals surface area contributed by atoms with Gasteiger partial charge in [-0.1, -0.05) is 36.8 Å². The first kappa shape index (κ1) is 9.46. The fourth-order valence-electron chi connectivity index (χ4n) is 1.57. The summed E-state index contributed by atoms with van der Waals surface area (Å²) in [6.45, 7) is 3.15. The Bertz CT molecular complexity index is 481. The first-order valence-corrected chi connectivity index (χ1v) is 5.77. The second kappa shape index (κ2) is 3.96. The third-order valence-corrected chi connectivity index (χ3v) is 3.32. The van der Waals surface area contributed by atoms with E-state index >= 15 is 0 Å². The summed E-state index contributed by atoms with van der Waals surface area (Å²) in [5.74, 6) is 0. The Labute approximate surface area is 87.3 Å². The minimum Gasteiger partial charge on any atom is -0.317 e. The molecule has 14 heavy (non-hydrogen) atoms. The van der Waals surface area contributed by atoms with E-state index in [9.17, 15) is 0 Å². The number of hydrogen-bond acceptors (Lipinski definition) is 2. The summed E-state index contributed by atoms with van der Waals surface area (Å²) in [5, 5.41) is 7.86. The second-order valence-electron chi connectivity index (χ2n) is 3.38. The standard InChI is InChI=1S/C11H14N2S/c1-2-3-8-13-9-6-4-5-7-10(9)14-11(13)12/h4-7,12H,2-3,8H2,1H3. The van der Waals surface area contributed by atoms with Gasteiger partial charge in [0.15, 0.2) is 4.80 Å². The molecule has 0 aliphatic carbocycles. The van der Waals surface area contributed by atoms with Crippen LogP contribution in [0.15, 0.2) is 24.3 Å². The van der Waals surface area contributed by atoms with Gasteiger partial charge in [-0.3, -0.25) is 5.41 Å². The van der Waals surface area contributed by atoms with Crippen molar-refractivity contribution in [3.8, 4) is 0 Å². The van der Waals surface area contributed by atoms with E-state index in [1.807, 2.05) is 12.1 Å². The predicted molar refractivity (Wildman–Crippen MR) is 60.6 cm³/mol. The summed E-state index contributed by atoms with van der Waals surface area (Å²) in [6.07, 6.45) is 2.33. The van der Waals surface area contributed by atoms with Gasteiger partial charge >= 0.3 is 0 Å². The molecule has 0 saturated heterocycles. The number of nitrogens with one attached hydrogen (secondary N) is 1. The number of aromatic nitrogens is 1. The number of nitrogens with zero attached hydrogens (tertiary/aromatic N) is 1. The lowest BCUT2D eigenvalue weighted by molar-refractivity contribution is 0.631. The fourth-order valence-corrected chi connectivity index (χ4v) is 2.51. The van der Waals surface area contributed by atoms with Gasteiger partial charge in [-0.05, 0) is 18.6 Å². The van der Waals surface area contributed by atoms with Crippen LogP contribution in [0.5, 0.6) is 0 Å². The predicted octanol–water partition coefficient (Wildman–Crippen LogP) is 2.98. The Kier molecular flexibility index (Phi) is 2.68. The van der Waals surface area contributed by atoms with Gasteiger partial charge in [-0.15, -0.1) is 0 Å². The van der Waals surface area contributed by atoms with Crippen LogP contribution in [0.1, 0.15) is 19.8 Å². The highest BCUT2D eigenvalue weighted by Crippen LogP contribution is 2.16. The molecule has 0 fully saturated rings. The molecule has 74 valence electrons. The van der Waals surface area contributed by atoms with Gasteiger partial charge in [-0.25, -0.2) is 0 Å². The lowest BCUT2D eigenvalue weighted by Gasteiger charge is -2.02. The minimum atomic E-state index is 0.666. The van der Waals surface area contributed by atoms with Crippen molar-refractivity contribution < 1.29 is 0 Å². The summed E-state index contributed by atoms with van der Waals surface area (Å²) >= 11 is 1.56. The second-order valence-corrected chi connectivity index (χ2v) is 4.41. The number of hydrogen-bond donors (Lipinski definition) is 1. The Balaban J connectivity index is 2.51. The van der Waals surface area contributed by atoms with Gasteiger partial charge in [0.05, 0.1) is 10.2 Å². The Hall–Kier alpha value is -1.09. The maximum atomic E-state index is 7.86.